The van der Waals surface area contributed by atoms with Crippen LogP contribution in [0, 0.1) is 0 Å². The number of rotatable bonds is 4. The quantitative estimate of drug-likeness (QED) is 0.413. The predicted octanol–water partition coefficient (Wildman–Crippen LogP) is 8.45. The van der Waals surface area contributed by atoms with Crippen molar-refractivity contribution in [1.82, 2.24) is 0 Å². The minimum Gasteiger partial charge on any atom is -0.512 e. The molecular formula is C30H48O4Si. The molecule has 2 aromatic rings. The standard InChI is InChI=1S/C30H48O4Si/c1-27(2,3)21-15-19(16-22(25(21)31)28(4,5)6)33-35(13,14)34-20-17-23(29(7,8)9)26(32)24(18-20)30(10,11)12/h15-18,31-32H,1-14H3. The van der Waals surface area contributed by atoms with Gasteiger partial charge in [-0.15, -0.1) is 0 Å². The summed E-state index contributed by atoms with van der Waals surface area (Å²) in [6.07, 6.45) is 0. The molecule has 0 bridgehead atoms. The number of phenols is 2. The van der Waals surface area contributed by atoms with Crippen molar-refractivity contribution in [2.45, 2.75) is 118 Å². The van der Waals surface area contributed by atoms with Gasteiger partial charge in [0.25, 0.3) is 0 Å². The molecule has 0 heterocycles. The Morgan fingerprint density at radius 1 is 0.486 bits per heavy atom. The first-order valence-electron chi connectivity index (χ1n) is 12.6. The third-order valence-electron chi connectivity index (χ3n) is 6.13. The van der Waals surface area contributed by atoms with Gasteiger partial charge in [0, 0.05) is 35.3 Å². The van der Waals surface area contributed by atoms with E-state index in [0.29, 0.717) is 23.0 Å². The summed E-state index contributed by atoms with van der Waals surface area (Å²) in [4.78, 5) is 0. The van der Waals surface area contributed by atoms with Crippen LogP contribution < -0.4 is 8.85 Å². The first-order valence-corrected chi connectivity index (χ1v) is 15.4. The predicted molar refractivity (Wildman–Crippen MR) is 150 cm³/mol. The van der Waals surface area contributed by atoms with Gasteiger partial charge in [0.2, 0.25) is 0 Å². The van der Waals surface area contributed by atoms with Gasteiger partial charge in [-0.1, -0.05) is 83.1 Å². The maximum atomic E-state index is 11.1. The van der Waals surface area contributed by atoms with Gasteiger partial charge in [-0.05, 0) is 45.9 Å². The summed E-state index contributed by atoms with van der Waals surface area (Å²) in [6, 6.07) is 7.78. The van der Waals surface area contributed by atoms with Crippen LogP contribution in [-0.2, 0) is 21.7 Å². The molecule has 0 aliphatic heterocycles. The molecule has 196 valence electrons. The fourth-order valence-electron chi connectivity index (χ4n) is 4.21. The Morgan fingerprint density at radius 2 is 0.686 bits per heavy atom. The highest BCUT2D eigenvalue weighted by Gasteiger charge is 2.34. The molecule has 0 fully saturated rings. The summed E-state index contributed by atoms with van der Waals surface area (Å²) in [7, 11) is -2.71. The average molecular weight is 501 g/mol. The van der Waals surface area contributed by atoms with E-state index in [-0.39, 0.29) is 21.7 Å². The van der Waals surface area contributed by atoms with Crippen molar-refractivity contribution in [3.8, 4) is 23.0 Å². The highest BCUT2D eigenvalue weighted by Crippen LogP contribution is 2.44. The van der Waals surface area contributed by atoms with E-state index >= 15 is 0 Å². The summed E-state index contributed by atoms with van der Waals surface area (Å²) >= 11 is 0. The van der Waals surface area contributed by atoms with E-state index < -0.39 is 8.56 Å². The lowest BCUT2D eigenvalue weighted by Crippen LogP contribution is -2.42. The molecule has 35 heavy (non-hydrogen) atoms. The fraction of sp³-hybridized carbons (Fsp3) is 0.600. The molecule has 5 heteroatoms. The monoisotopic (exact) mass is 500 g/mol. The molecule has 0 saturated heterocycles. The van der Waals surface area contributed by atoms with Crippen LogP contribution in [0.2, 0.25) is 13.1 Å². The van der Waals surface area contributed by atoms with Gasteiger partial charge in [0.15, 0.2) is 0 Å². The van der Waals surface area contributed by atoms with Crippen molar-refractivity contribution in [3.05, 3.63) is 46.5 Å². The highest BCUT2D eigenvalue weighted by atomic mass is 28.4. The third-order valence-corrected chi connectivity index (χ3v) is 7.58. The first-order chi connectivity index (χ1) is 15.4. The second kappa shape index (κ2) is 9.06. The molecule has 0 spiro atoms. The van der Waals surface area contributed by atoms with Gasteiger partial charge in [0.1, 0.15) is 23.0 Å². The van der Waals surface area contributed by atoms with Gasteiger partial charge in [-0.2, -0.15) is 0 Å². The van der Waals surface area contributed by atoms with Gasteiger partial charge in [-0.3, -0.25) is 0 Å². The molecule has 4 nitrogen and oxygen atoms in total. The topological polar surface area (TPSA) is 58.9 Å². The van der Waals surface area contributed by atoms with E-state index in [9.17, 15) is 10.2 Å². The molecular weight excluding hydrogens is 452 g/mol. The number of hydrogen-bond donors (Lipinski definition) is 2. The molecule has 0 aliphatic carbocycles. The van der Waals surface area contributed by atoms with Crippen LogP contribution in [0.15, 0.2) is 24.3 Å². The van der Waals surface area contributed by atoms with E-state index in [2.05, 4.69) is 83.1 Å². The molecule has 0 saturated carbocycles. The van der Waals surface area contributed by atoms with Crippen LogP contribution in [0.5, 0.6) is 23.0 Å². The van der Waals surface area contributed by atoms with E-state index in [1.807, 2.05) is 37.4 Å². The Balaban J connectivity index is 2.57. The van der Waals surface area contributed by atoms with E-state index in [1.165, 1.54) is 0 Å². The second-order valence-corrected chi connectivity index (χ2v) is 17.5. The molecule has 2 aromatic carbocycles. The summed E-state index contributed by atoms with van der Waals surface area (Å²) in [6.45, 7) is 29.2. The molecule has 0 radical (unpaired) electrons. The zero-order valence-electron chi connectivity index (χ0n) is 24.5. The minimum absolute atomic E-state index is 0.240. The van der Waals surface area contributed by atoms with Gasteiger partial charge >= 0.3 is 8.56 Å². The Bertz CT molecular complexity index is 916. The Labute approximate surface area is 215 Å². The molecule has 0 aliphatic rings. The van der Waals surface area contributed by atoms with Crippen LogP contribution in [-0.4, -0.2) is 18.8 Å². The SMILES string of the molecule is CC(C)(C)c1cc(O[Si](C)(C)Oc2cc(C(C)(C)C)c(O)c(C(C)(C)C)c2)cc(C(C)(C)C)c1O. The lowest BCUT2D eigenvalue weighted by molar-refractivity contribution is 0.384. The van der Waals surface area contributed by atoms with E-state index in [1.54, 1.807) is 0 Å². The summed E-state index contributed by atoms with van der Waals surface area (Å²) in [5, 5.41) is 22.1. The number of aromatic hydroxyl groups is 2. The van der Waals surface area contributed by atoms with Crippen molar-refractivity contribution in [3.63, 3.8) is 0 Å². The lowest BCUT2D eigenvalue weighted by atomic mass is 9.79. The Kier molecular flexibility index (Phi) is 7.53. The van der Waals surface area contributed by atoms with Crippen molar-refractivity contribution in [2.24, 2.45) is 0 Å². The normalized spacial score (nSPS) is 13.7. The fourth-order valence-corrected chi connectivity index (χ4v) is 5.62. The first kappa shape index (κ1) is 29.1. The summed E-state index contributed by atoms with van der Waals surface area (Å²) in [5.74, 6) is 2.09. The molecule has 0 unspecified atom stereocenters. The number of benzene rings is 2. The number of hydrogen-bond acceptors (Lipinski definition) is 4. The van der Waals surface area contributed by atoms with E-state index in [0.717, 1.165) is 22.3 Å². The molecule has 2 rings (SSSR count). The average Bonchev–Trinajstić information content (AvgIpc) is 2.60. The Morgan fingerprint density at radius 3 is 0.857 bits per heavy atom. The maximum Gasteiger partial charge on any atom is 0.454 e. The van der Waals surface area contributed by atoms with Gasteiger partial charge in [-0.25, -0.2) is 0 Å². The summed E-state index contributed by atoms with van der Waals surface area (Å²) in [5.41, 5.74) is 2.48. The molecule has 0 aromatic heterocycles. The van der Waals surface area contributed by atoms with Crippen LogP contribution in [0.1, 0.15) is 105 Å². The largest absolute Gasteiger partial charge is 0.512 e. The van der Waals surface area contributed by atoms with Crippen molar-refractivity contribution < 1.29 is 19.1 Å². The van der Waals surface area contributed by atoms with Crippen LogP contribution in [0.3, 0.4) is 0 Å². The zero-order chi connectivity index (χ0) is 27.4. The Hall–Kier alpha value is -2.14. The lowest BCUT2D eigenvalue weighted by Gasteiger charge is -2.32. The third kappa shape index (κ3) is 6.96. The second-order valence-electron chi connectivity index (χ2n) is 14.3. The molecule has 2 N–H and O–H groups in total. The minimum atomic E-state index is -2.71. The number of phenolic OH excluding ortho intramolecular Hbond substituents is 2. The van der Waals surface area contributed by atoms with Crippen molar-refractivity contribution in [2.75, 3.05) is 0 Å². The van der Waals surface area contributed by atoms with Crippen molar-refractivity contribution in [1.29, 1.82) is 0 Å². The molecule has 0 amide bonds. The summed E-state index contributed by atoms with van der Waals surface area (Å²) < 4.78 is 13.1. The van der Waals surface area contributed by atoms with E-state index in [4.69, 9.17) is 8.85 Å². The van der Waals surface area contributed by atoms with Crippen LogP contribution in [0.25, 0.3) is 0 Å². The highest BCUT2D eigenvalue weighted by molar-refractivity contribution is 6.66. The van der Waals surface area contributed by atoms with Gasteiger partial charge in [0.05, 0.1) is 0 Å². The zero-order valence-corrected chi connectivity index (χ0v) is 25.5. The van der Waals surface area contributed by atoms with Crippen molar-refractivity contribution >= 4 is 8.56 Å². The van der Waals surface area contributed by atoms with Gasteiger partial charge < -0.3 is 19.1 Å². The van der Waals surface area contributed by atoms with Crippen LogP contribution in [0.4, 0.5) is 0 Å². The molecule has 0 atom stereocenters. The smallest absolute Gasteiger partial charge is 0.454 e. The van der Waals surface area contributed by atoms with Crippen LogP contribution >= 0.6 is 0 Å². The maximum absolute atomic E-state index is 11.1.